The van der Waals surface area contributed by atoms with E-state index in [0.717, 1.165) is 0 Å². The first-order valence-corrected chi connectivity index (χ1v) is 5.67. The molecule has 1 aliphatic rings. The Kier molecular flexibility index (Phi) is 3.12. The van der Waals surface area contributed by atoms with Crippen LogP contribution in [-0.4, -0.2) is 40.1 Å². The van der Waals surface area contributed by atoms with Gasteiger partial charge in [0.25, 0.3) is 0 Å². The first-order chi connectivity index (χ1) is 5.08. The van der Waals surface area contributed by atoms with Crippen LogP contribution in [0.1, 0.15) is 0 Å². The van der Waals surface area contributed by atoms with Crippen LogP contribution in [0.25, 0.3) is 0 Å². The third-order valence-electron chi connectivity index (χ3n) is 1.27. The number of hydrogen-bond donors (Lipinski definition) is 0. The molecule has 1 saturated heterocycles. The lowest BCUT2D eigenvalue weighted by Crippen LogP contribution is -2.33. The van der Waals surface area contributed by atoms with Gasteiger partial charge in [-0.15, -0.1) is 0 Å². The Morgan fingerprint density at radius 2 is 2.18 bits per heavy atom. The van der Waals surface area contributed by atoms with Gasteiger partial charge in [0.2, 0.25) is 9.05 Å². The maximum atomic E-state index is 10.5. The van der Waals surface area contributed by atoms with Crippen LogP contribution in [-0.2, 0) is 18.5 Å². The van der Waals surface area contributed by atoms with Crippen LogP contribution in [0.4, 0.5) is 0 Å². The second kappa shape index (κ2) is 3.71. The van der Waals surface area contributed by atoms with E-state index in [1.54, 1.807) is 0 Å². The summed E-state index contributed by atoms with van der Waals surface area (Å²) in [5, 5.41) is 0. The second-order valence-electron chi connectivity index (χ2n) is 2.27. The molecule has 0 N–H and O–H groups in total. The van der Waals surface area contributed by atoms with Crippen molar-refractivity contribution in [3.05, 3.63) is 0 Å². The molecule has 0 bridgehead atoms. The van der Waals surface area contributed by atoms with Gasteiger partial charge >= 0.3 is 0 Å². The van der Waals surface area contributed by atoms with Gasteiger partial charge in [-0.05, 0) is 0 Å². The largest absolute Gasteiger partial charge is 0.376 e. The summed E-state index contributed by atoms with van der Waals surface area (Å²) in [5.41, 5.74) is 0. The van der Waals surface area contributed by atoms with E-state index in [2.05, 4.69) is 0 Å². The summed E-state index contributed by atoms with van der Waals surface area (Å²) in [6.45, 7) is 1.28. The van der Waals surface area contributed by atoms with E-state index >= 15 is 0 Å². The minimum Gasteiger partial charge on any atom is -0.376 e. The van der Waals surface area contributed by atoms with E-state index < -0.39 is 15.2 Å². The molecule has 1 heterocycles. The van der Waals surface area contributed by atoms with Crippen LogP contribution in [0.3, 0.4) is 0 Å². The number of ether oxygens (including phenoxy) is 2. The molecule has 4 nitrogen and oxygen atoms in total. The maximum absolute atomic E-state index is 10.5. The summed E-state index contributed by atoms with van der Waals surface area (Å²) in [6.07, 6.45) is -0.397. The van der Waals surface area contributed by atoms with Crippen molar-refractivity contribution < 1.29 is 17.9 Å². The highest BCUT2D eigenvalue weighted by Gasteiger charge is 2.20. The van der Waals surface area contributed by atoms with Crippen molar-refractivity contribution >= 4 is 19.7 Å². The molecule has 1 fully saturated rings. The first kappa shape index (κ1) is 9.25. The molecule has 6 heteroatoms. The fourth-order valence-corrected chi connectivity index (χ4v) is 1.91. The Labute approximate surface area is 69.9 Å². The number of rotatable bonds is 2. The topological polar surface area (TPSA) is 52.6 Å². The van der Waals surface area contributed by atoms with Crippen molar-refractivity contribution in [2.24, 2.45) is 0 Å². The van der Waals surface area contributed by atoms with Crippen molar-refractivity contribution in [2.45, 2.75) is 6.10 Å². The zero-order chi connectivity index (χ0) is 8.32. The van der Waals surface area contributed by atoms with Crippen molar-refractivity contribution in [3.8, 4) is 0 Å². The van der Waals surface area contributed by atoms with Gasteiger partial charge in [-0.1, -0.05) is 0 Å². The smallest absolute Gasteiger partial charge is 0.235 e. The summed E-state index contributed by atoms with van der Waals surface area (Å²) < 4.78 is 31.1. The SMILES string of the molecule is O=S(=O)(Cl)C[C@H]1COCCO1. The van der Waals surface area contributed by atoms with Crippen LogP contribution < -0.4 is 0 Å². The Morgan fingerprint density at radius 3 is 2.64 bits per heavy atom. The van der Waals surface area contributed by atoms with Crippen LogP contribution >= 0.6 is 10.7 Å². The molecule has 0 amide bonds. The fraction of sp³-hybridized carbons (Fsp3) is 1.00. The molecule has 0 aromatic rings. The highest BCUT2D eigenvalue weighted by atomic mass is 35.7. The Morgan fingerprint density at radius 1 is 1.45 bits per heavy atom. The molecule has 0 unspecified atom stereocenters. The Balaban J connectivity index is 2.36. The van der Waals surface area contributed by atoms with Crippen molar-refractivity contribution in [1.82, 2.24) is 0 Å². The van der Waals surface area contributed by atoms with Gasteiger partial charge in [-0.3, -0.25) is 0 Å². The van der Waals surface area contributed by atoms with Gasteiger partial charge in [0.1, 0.15) is 0 Å². The quantitative estimate of drug-likeness (QED) is 0.588. The standard InChI is InChI=1S/C5H9ClO4S/c6-11(7,8)4-5-3-9-1-2-10-5/h5H,1-4H2/t5-/m1/s1. The fourth-order valence-electron chi connectivity index (χ4n) is 0.855. The molecule has 66 valence electrons. The number of halogens is 1. The normalized spacial score (nSPS) is 26.8. The van der Waals surface area contributed by atoms with E-state index in [0.29, 0.717) is 19.8 Å². The van der Waals surface area contributed by atoms with Gasteiger partial charge < -0.3 is 9.47 Å². The van der Waals surface area contributed by atoms with Gasteiger partial charge in [0, 0.05) is 10.7 Å². The zero-order valence-corrected chi connectivity index (χ0v) is 7.40. The summed E-state index contributed by atoms with van der Waals surface area (Å²) in [6, 6.07) is 0. The van der Waals surface area contributed by atoms with Crippen LogP contribution in [0.15, 0.2) is 0 Å². The Hall–Kier alpha value is 0.160. The monoisotopic (exact) mass is 200 g/mol. The molecule has 1 atom stereocenters. The van der Waals surface area contributed by atoms with E-state index in [4.69, 9.17) is 20.2 Å². The molecule has 0 saturated carbocycles. The zero-order valence-electron chi connectivity index (χ0n) is 5.82. The van der Waals surface area contributed by atoms with Crippen LogP contribution in [0.2, 0.25) is 0 Å². The molecule has 1 rings (SSSR count). The minimum atomic E-state index is -3.46. The maximum Gasteiger partial charge on any atom is 0.235 e. The lowest BCUT2D eigenvalue weighted by molar-refractivity contribution is -0.0781. The van der Waals surface area contributed by atoms with Crippen molar-refractivity contribution in [3.63, 3.8) is 0 Å². The molecule has 0 spiro atoms. The predicted octanol–water partition coefficient (Wildman–Crippen LogP) is -0.0296. The molecule has 0 aromatic heterocycles. The third-order valence-corrected chi connectivity index (χ3v) is 2.42. The summed E-state index contributed by atoms with van der Waals surface area (Å²) in [7, 11) is 1.55. The number of hydrogen-bond acceptors (Lipinski definition) is 4. The van der Waals surface area contributed by atoms with Crippen LogP contribution in [0.5, 0.6) is 0 Å². The van der Waals surface area contributed by atoms with E-state index in [1.807, 2.05) is 0 Å². The highest BCUT2D eigenvalue weighted by Crippen LogP contribution is 2.06. The van der Waals surface area contributed by atoms with Crippen molar-refractivity contribution in [1.29, 1.82) is 0 Å². The van der Waals surface area contributed by atoms with Gasteiger partial charge in [0.15, 0.2) is 0 Å². The molecule has 0 radical (unpaired) electrons. The van der Waals surface area contributed by atoms with Gasteiger partial charge in [0.05, 0.1) is 31.7 Å². The average Bonchev–Trinajstić information content (AvgIpc) is 1.85. The van der Waals surface area contributed by atoms with Crippen LogP contribution in [0, 0.1) is 0 Å². The van der Waals surface area contributed by atoms with Crippen molar-refractivity contribution in [2.75, 3.05) is 25.6 Å². The lowest BCUT2D eigenvalue weighted by atomic mass is 10.4. The summed E-state index contributed by atoms with van der Waals surface area (Å²) in [4.78, 5) is 0. The minimum absolute atomic E-state index is 0.172. The van der Waals surface area contributed by atoms with E-state index in [9.17, 15) is 8.42 Å². The van der Waals surface area contributed by atoms with Gasteiger partial charge in [-0.25, -0.2) is 8.42 Å². The average molecular weight is 201 g/mol. The first-order valence-electron chi connectivity index (χ1n) is 3.19. The molecular formula is C5H9ClO4S. The second-order valence-corrected chi connectivity index (χ2v) is 5.09. The third kappa shape index (κ3) is 3.91. The summed E-state index contributed by atoms with van der Waals surface area (Å²) in [5.74, 6) is -0.172. The Bertz CT molecular complexity index is 207. The van der Waals surface area contributed by atoms with Gasteiger partial charge in [-0.2, -0.15) is 0 Å². The molecule has 0 aliphatic carbocycles. The molecule has 0 aromatic carbocycles. The molecular weight excluding hydrogens is 192 g/mol. The predicted molar refractivity (Wildman–Crippen MR) is 40.2 cm³/mol. The molecule has 1 aliphatic heterocycles. The lowest BCUT2D eigenvalue weighted by Gasteiger charge is -2.21. The van der Waals surface area contributed by atoms with E-state index in [-0.39, 0.29) is 5.75 Å². The highest BCUT2D eigenvalue weighted by molar-refractivity contribution is 8.13. The van der Waals surface area contributed by atoms with E-state index in [1.165, 1.54) is 0 Å². The molecule has 11 heavy (non-hydrogen) atoms. The summed E-state index contributed by atoms with van der Waals surface area (Å²) >= 11 is 0.